The maximum Gasteiger partial charge on any atom is 0.323 e. The monoisotopic (exact) mass is 673 g/mol. The zero-order chi connectivity index (χ0) is 34.5. The van der Waals surface area contributed by atoms with Crippen LogP contribution in [-0.4, -0.2) is 131 Å². The molecule has 0 spiro atoms. The van der Waals surface area contributed by atoms with Crippen LogP contribution in [0.5, 0.6) is 0 Å². The van der Waals surface area contributed by atoms with Crippen molar-refractivity contribution in [3.63, 3.8) is 0 Å². The zero-order valence-electron chi connectivity index (χ0n) is 28.5. The summed E-state index contributed by atoms with van der Waals surface area (Å²) in [6, 6.07) is 13.9. The van der Waals surface area contributed by atoms with Crippen molar-refractivity contribution < 1.29 is 24.5 Å². The maximum absolute atomic E-state index is 13.0. The van der Waals surface area contributed by atoms with Gasteiger partial charge < -0.3 is 45.2 Å². The highest BCUT2D eigenvalue weighted by molar-refractivity contribution is 6.00. The van der Waals surface area contributed by atoms with Crippen LogP contribution in [0.15, 0.2) is 48.5 Å². The number of piperidine rings is 1. The van der Waals surface area contributed by atoms with Crippen molar-refractivity contribution in [2.24, 2.45) is 0 Å². The fourth-order valence-electron chi connectivity index (χ4n) is 6.86. The minimum Gasteiger partial charge on any atom is -0.394 e. The first-order valence-corrected chi connectivity index (χ1v) is 17.1. The van der Waals surface area contributed by atoms with Crippen molar-refractivity contribution in [2.45, 2.75) is 56.8 Å². The number of morpholine rings is 1. The van der Waals surface area contributed by atoms with Crippen molar-refractivity contribution in [3.8, 4) is 11.4 Å². The number of ether oxygens (including phenoxy) is 1. The first-order valence-electron chi connectivity index (χ1n) is 17.1. The fourth-order valence-corrected chi connectivity index (χ4v) is 6.86. The molecule has 2 aromatic carbocycles. The average Bonchev–Trinajstić information content (AvgIpc) is 3.55. The molecule has 4 N–H and O–H groups in total. The molecule has 3 fully saturated rings. The largest absolute Gasteiger partial charge is 0.394 e. The van der Waals surface area contributed by atoms with Gasteiger partial charge in [0.15, 0.2) is 5.82 Å². The summed E-state index contributed by atoms with van der Waals surface area (Å²) in [5.74, 6) is 1.38. The minimum absolute atomic E-state index is 0.00651. The molecule has 6 rings (SSSR count). The Morgan fingerprint density at radius 2 is 1.43 bits per heavy atom. The Hall–Kier alpha value is -4.37. The number of carbonyl (C=O) groups excluding carboxylic acids is 2. The Labute approximate surface area is 287 Å². The Morgan fingerprint density at radius 1 is 0.837 bits per heavy atom. The second-order valence-corrected chi connectivity index (χ2v) is 13.3. The lowest BCUT2D eigenvalue weighted by Crippen LogP contribution is -2.45. The number of urea groups is 1. The van der Waals surface area contributed by atoms with E-state index in [1.54, 1.807) is 36.4 Å². The van der Waals surface area contributed by atoms with Crippen LogP contribution in [0.2, 0.25) is 0 Å². The number of aliphatic hydroxyl groups excluding tert-OH is 2. The highest BCUT2D eigenvalue weighted by atomic mass is 16.5. The second-order valence-electron chi connectivity index (χ2n) is 13.3. The van der Waals surface area contributed by atoms with Gasteiger partial charge in [-0.2, -0.15) is 15.0 Å². The molecule has 1 aromatic heterocycles. The number of nitrogens with one attached hydrogen (secondary N) is 2. The summed E-state index contributed by atoms with van der Waals surface area (Å²) in [4.78, 5) is 48.4. The number of nitrogens with zero attached hydrogens (tertiary/aromatic N) is 7. The SMILES string of the molecule is C[C@@H]1COCCN1c1nc(-c2ccc(NC(=O)Nc3ccc(C(=O)N4CCC(N(C)C)CC4)cc3)cc2)nc(N2[C@H](CO)CC[C@@H]2CO)n1. The van der Waals surface area contributed by atoms with E-state index in [0.717, 1.165) is 44.3 Å². The van der Waals surface area contributed by atoms with Gasteiger partial charge in [0.2, 0.25) is 11.9 Å². The van der Waals surface area contributed by atoms with E-state index >= 15 is 0 Å². The molecule has 3 aliphatic rings. The molecule has 4 heterocycles. The Bertz CT molecular complexity index is 1570. The smallest absolute Gasteiger partial charge is 0.323 e. The topological polar surface area (TPSA) is 160 Å². The van der Waals surface area contributed by atoms with Gasteiger partial charge in [0.25, 0.3) is 5.91 Å². The molecule has 14 nitrogen and oxygen atoms in total. The number of hydrogen-bond donors (Lipinski definition) is 4. The van der Waals surface area contributed by atoms with Gasteiger partial charge in [-0.1, -0.05) is 0 Å². The van der Waals surface area contributed by atoms with E-state index in [4.69, 9.17) is 19.7 Å². The molecule has 3 atom stereocenters. The first kappa shape index (κ1) is 34.5. The van der Waals surface area contributed by atoms with E-state index in [9.17, 15) is 19.8 Å². The number of anilines is 4. The molecule has 0 aliphatic carbocycles. The van der Waals surface area contributed by atoms with Crippen molar-refractivity contribution in [3.05, 3.63) is 54.1 Å². The molecule has 0 unspecified atom stereocenters. The molecule has 3 amide bonds. The lowest BCUT2D eigenvalue weighted by Gasteiger charge is -2.35. The number of rotatable bonds is 9. The number of aliphatic hydroxyl groups is 2. The summed E-state index contributed by atoms with van der Waals surface area (Å²) >= 11 is 0. The fraction of sp³-hybridized carbons (Fsp3) is 0.514. The normalized spacial score (nSPS) is 21.7. The van der Waals surface area contributed by atoms with Crippen LogP contribution in [0.25, 0.3) is 11.4 Å². The van der Waals surface area contributed by atoms with E-state index in [2.05, 4.69) is 41.5 Å². The van der Waals surface area contributed by atoms with Crippen molar-refractivity contribution >= 4 is 35.2 Å². The van der Waals surface area contributed by atoms with Gasteiger partial charge in [-0.15, -0.1) is 0 Å². The molecule has 3 saturated heterocycles. The number of carbonyl (C=O) groups is 2. The Balaban J connectivity index is 1.12. The van der Waals surface area contributed by atoms with Gasteiger partial charge in [0.1, 0.15) is 0 Å². The Kier molecular flexibility index (Phi) is 10.9. The standard InChI is InChI=1S/C35H47N9O5/c1-23-22-49-19-18-43(23)33-38-31(39-34(40-33)44-29(20-45)12-13-30(44)21-46)24-4-8-26(9-5-24)36-35(48)37-27-10-6-25(7-11-27)32(47)42-16-14-28(15-17-42)41(2)3/h4-11,23,28-30,45-46H,12-22H2,1-3H3,(H2,36,37,48)/t23-,29-,30+/m1/s1. The number of aromatic nitrogens is 3. The highest BCUT2D eigenvalue weighted by Gasteiger charge is 2.36. The number of hydrogen-bond acceptors (Lipinski definition) is 11. The molecule has 3 aromatic rings. The van der Waals surface area contributed by atoms with E-state index in [1.807, 2.05) is 21.9 Å². The van der Waals surface area contributed by atoms with Crippen LogP contribution in [-0.2, 0) is 4.74 Å². The third-order valence-corrected chi connectivity index (χ3v) is 9.78. The van der Waals surface area contributed by atoms with Crippen LogP contribution >= 0.6 is 0 Å². The molecule has 0 radical (unpaired) electrons. The van der Waals surface area contributed by atoms with Crippen LogP contribution in [0, 0.1) is 0 Å². The predicted octanol–water partition coefficient (Wildman–Crippen LogP) is 2.90. The molecule has 3 aliphatic heterocycles. The van der Waals surface area contributed by atoms with Crippen molar-refractivity contribution in [2.75, 3.05) is 80.6 Å². The average molecular weight is 674 g/mol. The maximum atomic E-state index is 13.0. The van der Waals surface area contributed by atoms with E-state index < -0.39 is 6.03 Å². The molecular weight excluding hydrogens is 626 g/mol. The third kappa shape index (κ3) is 7.93. The van der Waals surface area contributed by atoms with Crippen LogP contribution in [0.4, 0.5) is 28.1 Å². The van der Waals surface area contributed by atoms with Crippen LogP contribution < -0.4 is 20.4 Å². The molecule has 0 bridgehead atoms. The number of benzene rings is 2. The van der Waals surface area contributed by atoms with Gasteiger partial charge in [-0.05, 0) is 95.2 Å². The zero-order valence-corrected chi connectivity index (χ0v) is 28.5. The van der Waals surface area contributed by atoms with E-state index in [-0.39, 0.29) is 37.2 Å². The number of likely N-dealkylation sites (tertiary alicyclic amines) is 1. The van der Waals surface area contributed by atoms with Crippen LogP contribution in [0.3, 0.4) is 0 Å². The predicted molar refractivity (Wildman–Crippen MR) is 188 cm³/mol. The Morgan fingerprint density at radius 3 is 2.00 bits per heavy atom. The third-order valence-electron chi connectivity index (χ3n) is 9.78. The quantitative estimate of drug-likeness (QED) is 0.265. The van der Waals surface area contributed by atoms with Gasteiger partial charge in [-0.25, -0.2) is 4.79 Å². The molecular formula is C35H47N9O5. The second kappa shape index (κ2) is 15.5. The first-order chi connectivity index (χ1) is 23.7. The van der Waals surface area contributed by atoms with Crippen molar-refractivity contribution in [1.29, 1.82) is 0 Å². The summed E-state index contributed by atoms with van der Waals surface area (Å²) in [5, 5.41) is 25.8. The van der Waals surface area contributed by atoms with Crippen LogP contribution in [0.1, 0.15) is 43.0 Å². The minimum atomic E-state index is -0.414. The molecule has 0 saturated carbocycles. The summed E-state index contributed by atoms with van der Waals surface area (Å²) in [6.07, 6.45) is 3.37. The van der Waals surface area contributed by atoms with Gasteiger partial charge in [0.05, 0.1) is 44.6 Å². The van der Waals surface area contributed by atoms with E-state index in [0.29, 0.717) is 60.5 Å². The van der Waals surface area contributed by atoms with Gasteiger partial charge in [0, 0.05) is 48.2 Å². The van der Waals surface area contributed by atoms with E-state index in [1.165, 1.54) is 0 Å². The lowest BCUT2D eigenvalue weighted by atomic mass is 10.0. The summed E-state index contributed by atoms with van der Waals surface area (Å²) < 4.78 is 5.63. The summed E-state index contributed by atoms with van der Waals surface area (Å²) in [6.45, 7) is 5.13. The summed E-state index contributed by atoms with van der Waals surface area (Å²) in [7, 11) is 4.15. The van der Waals surface area contributed by atoms with Gasteiger partial charge in [-0.3, -0.25) is 4.79 Å². The van der Waals surface area contributed by atoms with Gasteiger partial charge >= 0.3 is 6.03 Å². The lowest BCUT2D eigenvalue weighted by molar-refractivity contribution is 0.0663. The molecule has 262 valence electrons. The highest BCUT2D eigenvalue weighted by Crippen LogP contribution is 2.31. The van der Waals surface area contributed by atoms with Crippen molar-refractivity contribution in [1.82, 2.24) is 24.8 Å². The summed E-state index contributed by atoms with van der Waals surface area (Å²) in [5.41, 5.74) is 2.47. The number of amides is 3. The molecule has 49 heavy (non-hydrogen) atoms. The molecule has 14 heteroatoms.